The molecular weight excluding hydrogens is 555 g/mol. The molecule has 0 radical (unpaired) electrons. The van der Waals surface area contributed by atoms with E-state index in [0.29, 0.717) is 39.6 Å². The number of anilines is 1. The molecule has 0 saturated carbocycles. The number of benzene rings is 1. The molecule has 3 heterocycles. The van der Waals surface area contributed by atoms with Crippen molar-refractivity contribution in [3.05, 3.63) is 56.2 Å². The minimum absolute atomic E-state index is 0.236. The van der Waals surface area contributed by atoms with Gasteiger partial charge < -0.3 is 9.84 Å². The fraction of sp³-hybridized carbons (Fsp3) is 0.273. The number of aromatic nitrogens is 1. The van der Waals surface area contributed by atoms with E-state index in [9.17, 15) is 18.3 Å². The van der Waals surface area contributed by atoms with Crippen LogP contribution in [0.2, 0.25) is 9.36 Å². The number of fused-ring (bicyclic) bond motifs is 2. The zero-order chi connectivity index (χ0) is 25.3. The Labute approximate surface area is 220 Å². The van der Waals surface area contributed by atoms with Crippen LogP contribution in [-0.2, 0) is 21.5 Å². The smallest absolute Gasteiger partial charge is 0.323 e. The summed E-state index contributed by atoms with van der Waals surface area (Å²) in [5.41, 5.74) is 1.45. The molecule has 3 aromatic rings. The van der Waals surface area contributed by atoms with Crippen LogP contribution in [-0.4, -0.2) is 36.3 Å². The van der Waals surface area contributed by atoms with Gasteiger partial charge in [0.15, 0.2) is 12.3 Å². The van der Waals surface area contributed by atoms with E-state index in [2.05, 4.69) is 0 Å². The van der Waals surface area contributed by atoms with Gasteiger partial charge in [-0.3, -0.25) is 14.2 Å². The third-order valence-corrected chi connectivity index (χ3v) is 8.71. The van der Waals surface area contributed by atoms with Gasteiger partial charge in [0, 0.05) is 23.6 Å². The second-order valence-corrected chi connectivity index (χ2v) is 12.4. The molecule has 0 aliphatic carbocycles. The van der Waals surface area contributed by atoms with Crippen molar-refractivity contribution in [2.75, 3.05) is 17.2 Å². The molecule has 1 aromatic carbocycles. The number of allylic oxidation sites excluding steroid dienone is 2. The maximum atomic E-state index is 11.5. The van der Waals surface area contributed by atoms with E-state index in [4.69, 9.17) is 32.5 Å². The molecule has 0 unspecified atom stereocenters. The number of aliphatic carboxylic acids is 1. The lowest BCUT2D eigenvalue weighted by atomic mass is 10.2. The Hall–Kier alpha value is -2.15. The van der Waals surface area contributed by atoms with Gasteiger partial charge in [-0.25, -0.2) is 0 Å². The maximum absolute atomic E-state index is 11.5. The normalized spacial score (nSPS) is 15.1. The van der Waals surface area contributed by atoms with E-state index in [1.807, 2.05) is 23.6 Å². The highest BCUT2D eigenvalue weighted by Crippen LogP contribution is 2.41. The van der Waals surface area contributed by atoms with Crippen molar-refractivity contribution in [1.29, 1.82) is 0 Å². The standard InChI is InChI=1S/C22H20Cl2N2O6S3/c1-2-13(8-19-26(12-21(27)28)15-10-14(23)4-5-16(15)32-19)9-20-25(6-3-7-35(29,30)31)22-17(33-20)11-18(24)34-22/h4-5,8-11H,2-3,6-7,12H2,1H3,(H-,27,28,29,30,31)/p+1. The summed E-state index contributed by atoms with van der Waals surface area (Å²) in [6.45, 7) is 2.06. The molecular formula is C22H21Cl2N2O6S3+. The summed E-state index contributed by atoms with van der Waals surface area (Å²) in [4.78, 5) is 14.0. The molecule has 4 rings (SSSR count). The van der Waals surface area contributed by atoms with Crippen LogP contribution in [0.4, 0.5) is 5.69 Å². The summed E-state index contributed by atoms with van der Waals surface area (Å²) in [5.74, 6) is -0.467. The Kier molecular flexibility index (Phi) is 7.74. The molecule has 1 aliphatic rings. The van der Waals surface area contributed by atoms with Crippen molar-refractivity contribution in [3.63, 3.8) is 0 Å². The van der Waals surface area contributed by atoms with Crippen molar-refractivity contribution in [1.82, 2.24) is 0 Å². The number of carboxylic acids is 1. The van der Waals surface area contributed by atoms with E-state index >= 15 is 0 Å². The summed E-state index contributed by atoms with van der Waals surface area (Å²) >= 11 is 15.2. The Morgan fingerprint density at radius 2 is 2.03 bits per heavy atom. The van der Waals surface area contributed by atoms with Crippen molar-refractivity contribution in [2.45, 2.75) is 26.3 Å². The van der Waals surface area contributed by atoms with Gasteiger partial charge in [0.2, 0.25) is 5.88 Å². The molecule has 2 aromatic heterocycles. The molecule has 186 valence electrons. The zero-order valence-corrected chi connectivity index (χ0v) is 22.4. The Bertz CT molecular complexity index is 1460. The molecule has 13 heteroatoms. The minimum Gasteiger partial charge on any atom is -0.480 e. The Morgan fingerprint density at radius 1 is 1.26 bits per heavy atom. The number of carboxylic acid groups (broad SMARTS) is 1. The topological polar surface area (TPSA) is 108 Å². The van der Waals surface area contributed by atoms with Crippen LogP contribution in [0.5, 0.6) is 5.75 Å². The average Bonchev–Trinajstić information content (AvgIpc) is 3.38. The lowest BCUT2D eigenvalue weighted by Crippen LogP contribution is -2.35. The van der Waals surface area contributed by atoms with E-state index in [-0.39, 0.29) is 18.7 Å². The van der Waals surface area contributed by atoms with Crippen molar-refractivity contribution < 1.29 is 32.2 Å². The molecule has 0 amide bonds. The van der Waals surface area contributed by atoms with Crippen molar-refractivity contribution in [3.8, 4) is 5.75 Å². The summed E-state index contributed by atoms with van der Waals surface area (Å²) < 4.78 is 41.0. The predicted octanol–water partition coefficient (Wildman–Crippen LogP) is 5.45. The van der Waals surface area contributed by atoms with Crippen LogP contribution >= 0.6 is 45.9 Å². The van der Waals surface area contributed by atoms with Crippen LogP contribution in [0.15, 0.2) is 41.8 Å². The summed E-state index contributed by atoms with van der Waals surface area (Å²) in [6, 6.07) is 6.90. The third kappa shape index (κ3) is 6.16. The van der Waals surface area contributed by atoms with E-state index in [1.165, 1.54) is 22.7 Å². The molecule has 0 bridgehead atoms. The SMILES string of the molecule is CCC(=Cc1sc2cc(Cl)sc2[n+]1CCCS(=O)(=O)O)C=C1Oc2ccc(Cl)cc2N1CC(=O)O. The monoisotopic (exact) mass is 575 g/mol. The molecule has 0 fully saturated rings. The maximum Gasteiger partial charge on any atom is 0.323 e. The highest BCUT2D eigenvalue weighted by atomic mass is 35.5. The molecule has 1 aliphatic heterocycles. The van der Waals surface area contributed by atoms with Crippen LogP contribution in [0.1, 0.15) is 24.8 Å². The lowest BCUT2D eigenvalue weighted by molar-refractivity contribution is -0.666. The Balaban J connectivity index is 1.71. The van der Waals surface area contributed by atoms with Crippen LogP contribution < -0.4 is 14.2 Å². The molecule has 35 heavy (non-hydrogen) atoms. The largest absolute Gasteiger partial charge is 0.480 e. The minimum atomic E-state index is -4.06. The van der Waals surface area contributed by atoms with Crippen LogP contribution in [0.3, 0.4) is 0 Å². The number of rotatable bonds is 9. The molecule has 0 atom stereocenters. The lowest BCUT2D eigenvalue weighted by Gasteiger charge is -2.16. The number of aryl methyl sites for hydroxylation is 1. The van der Waals surface area contributed by atoms with Gasteiger partial charge in [-0.2, -0.15) is 13.0 Å². The van der Waals surface area contributed by atoms with E-state index < -0.39 is 16.1 Å². The first-order chi connectivity index (χ1) is 16.5. The number of carbonyl (C=O) groups is 1. The number of hydrogen-bond donors (Lipinski definition) is 2. The third-order valence-electron chi connectivity index (χ3n) is 5.17. The number of nitrogens with zero attached hydrogens (tertiary/aromatic N) is 2. The molecule has 2 N–H and O–H groups in total. The second-order valence-electron chi connectivity index (χ2n) is 7.70. The quantitative estimate of drug-likeness (QED) is 0.258. The number of hydrogen-bond acceptors (Lipinski definition) is 7. The number of ether oxygens (including phenoxy) is 1. The number of thiophene rings is 1. The van der Waals surface area contributed by atoms with Crippen LogP contribution in [0.25, 0.3) is 15.6 Å². The number of thiazole rings is 1. The second kappa shape index (κ2) is 10.5. The van der Waals surface area contributed by atoms with Gasteiger partial charge in [0.1, 0.15) is 15.6 Å². The fourth-order valence-electron chi connectivity index (χ4n) is 3.63. The first-order valence-corrected chi connectivity index (χ1v) is 14.5. The summed E-state index contributed by atoms with van der Waals surface area (Å²) in [7, 11) is -4.06. The van der Waals surface area contributed by atoms with Gasteiger partial charge in [-0.15, -0.1) is 0 Å². The van der Waals surface area contributed by atoms with Gasteiger partial charge in [0.05, 0.1) is 11.4 Å². The predicted molar refractivity (Wildman–Crippen MR) is 139 cm³/mol. The van der Waals surface area contributed by atoms with Gasteiger partial charge >= 0.3 is 5.97 Å². The van der Waals surface area contributed by atoms with Gasteiger partial charge in [-0.05, 0) is 36.3 Å². The average molecular weight is 577 g/mol. The van der Waals surface area contributed by atoms with E-state index in [1.54, 1.807) is 29.2 Å². The summed E-state index contributed by atoms with van der Waals surface area (Å²) in [6.07, 6.45) is 4.62. The van der Waals surface area contributed by atoms with Crippen LogP contribution in [0, 0.1) is 0 Å². The first-order valence-electron chi connectivity index (χ1n) is 10.5. The molecule has 8 nitrogen and oxygen atoms in total. The molecule has 0 spiro atoms. The van der Waals surface area contributed by atoms with E-state index in [0.717, 1.165) is 20.1 Å². The summed E-state index contributed by atoms with van der Waals surface area (Å²) in [5, 5.41) is 10.8. The van der Waals surface area contributed by atoms with Gasteiger partial charge in [0.25, 0.3) is 20.0 Å². The van der Waals surface area contributed by atoms with Crippen molar-refractivity contribution in [2.24, 2.45) is 0 Å². The fourth-order valence-corrected chi connectivity index (χ4v) is 6.99. The highest BCUT2D eigenvalue weighted by molar-refractivity contribution is 7.85. The molecule has 0 saturated heterocycles. The number of halogens is 2. The zero-order valence-electron chi connectivity index (χ0n) is 18.4. The highest BCUT2D eigenvalue weighted by Gasteiger charge is 2.29. The Morgan fingerprint density at radius 3 is 2.71 bits per heavy atom. The van der Waals surface area contributed by atoms with Gasteiger partial charge in [-0.1, -0.05) is 52.8 Å². The van der Waals surface area contributed by atoms with Crippen molar-refractivity contribution >= 4 is 83.3 Å². The first kappa shape index (κ1) is 25.9.